The summed E-state index contributed by atoms with van der Waals surface area (Å²) in [6, 6.07) is 12.8. The van der Waals surface area contributed by atoms with E-state index in [9.17, 15) is 15.0 Å². The minimum Gasteiger partial charge on any atom is -0.508 e. The molecule has 0 bridgehead atoms. The number of aromatic hydroxyl groups is 1. The second-order valence-electron chi connectivity index (χ2n) is 4.30. The van der Waals surface area contributed by atoms with Crippen molar-refractivity contribution in [1.29, 1.82) is 0 Å². The molecule has 3 N–H and O–H groups in total. The lowest BCUT2D eigenvalue weighted by Crippen LogP contribution is -2.28. The maximum Gasteiger partial charge on any atom is 0.325 e. The number of carboxylic acid groups (broad SMARTS) is 1. The van der Waals surface area contributed by atoms with Crippen molar-refractivity contribution >= 4 is 17.6 Å². The molecule has 1 atom stereocenters. The molecule has 2 aromatic rings. The molecule has 0 spiro atoms. The zero-order valence-corrected chi connectivity index (χ0v) is 11.3. The van der Waals surface area contributed by atoms with E-state index in [0.717, 1.165) is 0 Å². The van der Waals surface area contributed by atoms with Crippen LogP contribution in [-0.2, 0) is 11.3 Å². The molecule has 20 heavy (non-hydrogen) atoms. The summed E-state index contributed by atoms with van der Waals surface area (Å²) in [5.74, 6) is -0.940. The predicted molar refractivity (Wildman–Crippen MR) is 76.8 cm³/mol. The third-order valence-corrected chi connectivity index (χ3v) is 3.31. The topological polar surface area (TPSA) is 69.6 Å². The third kappa shape index (κ3) is 3.29. The number of hydrogen-bond acceptors (Lipinski definition) is 3. The fraction of sp³-hybridized carbons (Fsp3) is 0.133. The highest BCUT2D eigenvalue weighted by molar-refractivity contribution is 6.31. The minimum absolute atomic E-state index is 0.0437. The summed E-state index contributed by atoms with van der Waals surface area (Å²) in [7, 11) is 0. The zero-order valence-electron chi connectivity index (χ0n) is 10.6. The maximum atomic E-state index is 11.3. The molecule has 104 valence electrons. The fourth-order valence-electron chi connectivity index (χ4n) is 1.92. The van der Waals surface area contributed by atoms with Crippen molar-refractivity contribution < 1.29 is 15.0 Å². The van der Waals surface area contributed by atoms with Crippen molar-refractivity contribution in [3.63, 3.8) is 0 Å². The van der Waals surface area contributed by atoms with Gasteiger partial charge in [-0.2, -0.15) is 0 Å². The molecule has 0 amide bonds. The van der Waals surface area contributed by atoms with Crippen LogP contribution in [-0.4, -0.2) is 16.2 Å². The summed E-state index contributed by atoms with van der Waals surface area (Å²) in [6.45, 7) is 0.164. The van der Waals surface area contributed by atoms with Gasteiger partial charge in [0.2, 0.25) is 0 Å². The quantitative estimate of drug-likeness (QED) is 0.792. The van der Waals surface area contributed by atoms with Crippen LogP contribution >= 0.6 is 11.6 Å². The molecular weight excluding hydrogens is 278 g/mol. The van der Waals surface area contributed by atoms with Crippen molar-refractivity contribution in [2.45, 2.75) is 12.6 Å². The summed E-state index contributed by atoms with van der Waals surface area (Å²) in [6.07, 6.45) is 0. The van der Waals surface area contributed by atoms with Gasteiger partial charge >= 0.3 is 5.97 Å². The third-order valence-electron chi connectivity index (χ3n) is 2.96. The van der Waals surface area contributed by atoms with E-state index in [-0.39, 0.29) is 12.3 Å². The number of carbonyl (C=O) groups is 1. The fourth-order valence-corrected chi connectivity index (χ4v) is 2.16. The van der Waals surface area contributed by atoms with Crippen LogP contribution in [0.5, 0.6) is 5.75 Å². The number of rotatable bonds is 5. The Balaban J connectivity index is 2.17. The van der Waals surface area contributed by atoms with Crippen molar-refractivity contribution in [3.8, 4) is 5.75 Å². The first kappa shape index (κ1) is 14.4. The average molecular weight is 292 g/mol. The van der Waals surface area contributed by atoms with Crippen LogP contribution in [0.4, 0.5) is 0 Å². The molecule has 1 unspecified atom stereocenters. The van der Waals surface area contributed by atoms with E-state index in [1.165, 1.54) is 6.07 Å². The molecule has 0 saturated heterocycles. The lowest BCUT2D eigenvalue weighted by atomic mass is 10.1. The molecule has 0 aromatic heterocycles. The number of halogens is 1. The van der Waals surface area contributed by atoms with Crippen LogP contribution in [0.1, 0.15) is 17.2 Å². The Hall–Kier alpha value is -2.04. The molecule has 0 radical (unpaired) electrons. The van der Waals surface area contributed by atoms with Gasteiger partial charge in [0, 0.05) is 17.1 Å². The zero-order chi connectivity index (χ0) is 14.5. The molecule has 4 nitrogen and oxygen atoms in total. The maximum absolute atomic E-state index is 11.3. The number of hydrogen-bond donors (Lipinski definition) is 3. The SMILES string of the molecule is O=C(O)C(NCc1c(O)cccc1Cl)c1ccccc1. The van der Waals surface area contributed by atoms with Crippen LogP contribution in [0.2, 0.25) is 5.02 Å². The van der Waals surface area contributed by atoms with Crippen LogP contribution in [0.25, 0.3) is 0 Å². The van der Waals surface area contributed by atoms with Crippen LogP contribution in [0.15, 0.2) is 48.5 Å². The number of carboxylic acids is 1. The normalized spacial score (nSPS) is 12.1. The number of benzene rings is 2. The highest BCUT2D eigenvalue weighted by Crippen LogP contribution is 2.26. The average Bonchev–Trinajstić information content (AvgIpc) is 2.43. The van der Waals surface area contributed by atoms with E-state index in [1.807, 2.05) is 6.07 Å². The van der Waals surface area contributed by atoms with E-state index in [1.54, 1.807) is 36.4 Å². The Morgan fingerprint density at radius 2 is 1.85 bits per heavy atom. The van der Waals surface area contributed by atoms with Crippen LogP contribution < -0.4 is 5.32 Å². The van der Waals surface area contributed by atoms with Crippen LogP contribution in [0, 0.1) is 0 Å². The first-order valence-corrected chi connectivity index (χ1v) is 6.45. The molecular formula is C15H14ClNO3. The van der Waals surface area contributed by atoms with E-state index in [4.69, 9.17) is 11.6 Å². The van der Waals surface area contributed by atoms with Gasteiger partial charge in [0.1, 0.15) is 11.8 Å². The van der Waals surface area contributed by atoms with E-state index < -0.39 is 12.0 Å². The summed E-state index contributed by atoms with van der Waals surface area (Å²) >= 11 is 5.99. The molecule has 5 heteroatoms. The molecule has 2 aromatic carbocycles. The first-order chi connectivity index (χ1) is 9.59. The van der Waals surface area contributed by atoms with Crippen molar-refractivity contribution in [3.05, 3.63) is 64.7 Å². The van der Waals surface area contributed by atoms with E-state index in [2.05, 4.69) is 5.32 Å². The number of aliphatic carboxylic acids is 1. The van der Waals surface area contributed by atoms with Gasteiger partial charge in [-0.05, 0) is 17.7 Å². The molecule has 0 aliphatic carbocycles. The van der Waals surface area contributed by atoms with Gasteiger partial charge in [0.15, 0.2) is 0 Å². The second kappa shape index (κ2) is 6.41. The van der Waals surface area contributed by atoms with E-state index >= 15 is 0 Å². The van der Waals surface area contributed by atoms with Gasteiger partial charge in [-0.25, -0.2) is 0 Å². The number of nitrogens with one attached hydrogen (secondary N) is 1. The van der Waals surface area contributed by atoms with Crippen molar-refractivity contribution in [2.75, 3.05) is 0 Å². The largest absolute Gasteiger partial charge is 0.508 e. The Morgan fingerprint density at radius 3 is 2.45 bits per heavy atom. The van der Waals surface area contributed by atoms with E-state index in [0.29, 0.717) is 16.1 Å². The van der Waals surface area contributed by atoms with Gasteiger partial charge in [0.25, 0.3) is 0 Å². The predicted octanol–water partition coefficient (Wildman–Crippen LogP) is 2.96. The summed E-state index contributed by atoms with van der Waals surface area (Å²) in [4.78, 5) is 11.3. The Labute approximate surface area is 121 Å². The lowest BCUT2D eigenvalue weighted by molar-refractivity contribution is -0.139. The monoisotopic (exact) mass is 291 g/mol. The molecule has 0 saturated carbocycles. The lowest BCUT2D eigenvalue weighted by Gasteiger charge is -2.16. The van der Waals surface area contributed by atoms with Gasteiger partial charge in [0.05, 0.1) is 0 Å². The van der Waals surface area contributed by atoms with Crippen LogP contribution in [0.3, 0.4) is 0 Å². The van der Waals surface area contributed by atoms with Crippen molar-refractivity contribution in [2.24, 2.45) is 0 Å². The highest BCUT2D eigenvalue weighted by atomic mass is 35.5. The highest BCUT2D eigenvalue weighted by Gasteiger charge is 2.19. The summed E-state index contributed by atoms with van der Waals surface area (Å²) < 4.78 is 0. The van der Waals surface area contributed by atoms with Gasteiger partial charge < -0.3 is 10.2 Å². The number of phenolic OH excluding ortho intramolecular Hbond substituents is 1. The van der Waals surface area contributed by atoms with Gasteiger partial charge in [-0.3, -0.25) is 10.1 Å². The Kier molecular flexibility index (Phi) is 4.61. The molecule has 0 fully saturated rings. The Bertz CT molecular complexity index is 581. The second-order valence-corrected chi connectivity index (χ2v) is 4.71. The Morgan fingerprint density at radius 1 is 1.15 bits per heavy atom. The molecule has 2 rings (SSSR count). The minimum atomic E-state index is -0.984. The van der Waals surface area contributed by atoms with Crippen molar-refractivity contribution in [1.82, 2.24) is 5.32 Å². The summed E-state index contributed by atoms with van der Waals surface area (Å²) in [5, 5.41) is 22.3. The smallest absolute Gasteiger partial charge is 0.325 e. The summed E-state index contributed by atoms with van der Waals surface area (Å²) in [5.41, 5.74) is 1.13. The van der Waals surface area contributed by atoms with Gasteiger partial charge in [-0.1, -0.05) is 48.0 Å². The molecule has 0 aliphatic heterocycles. The number of phenols is 1. The van der Waals surface area contributed by atoms with Gasteiger partial charge in [-0.15, -0.1) is 0 Å². The first-order valence-electron chi connectivity index (χ1n) is 6.07. The standard InChI is InChI=1S/C15H14ClNO3/c16-12-7-4-8-13(18)11(12)9-17-14(15(19)20)10-5-2-1-3-6-10/h1-8,14,17-18H,9H2,(H,19,20). The molecule has 0 heterocycles. The molecule has 0 aliphatic rings.